The van der Waals surface area contributed by atoms with Gasteiger partial charge in [-0.15, -0.1) is 0 Å². The van der Waals surface area contributed by atoms with Gasteiger partial charge in [-0.25, -0.2) is 13.1 Å². The largest absolute Gasteiger partial charge is 0.352 e. The van der Waals surface area contributed by atoms with E-state index in [4.69, 9.17) is 5.73 Å². The quantitative estimate of drug-likeness (QED) is 0.655. The van der Waals surface area contributed by atoms with E-state index < -0.39 is 10.0 Å². The molecule has 0 bridgehead atoms. The molecular weight excluding hydrogens is 302 g/mol. The topological polar surface area (TPSA) is 101 Å². The van der Waals surface area contributed by atoms with Crippen LogP contribution in [0.15, 0.2) is 29.2 Å². The molecule has 1 aromatic carbocycles. The minimum atomic E-state index is -3.56. The van der Waals surface area contributed by atoms with Gasteiger partial charge in [0.25, 0.3) is 5.91 Å². The Morgan fingerprint density at radius 2 is 2.14 bits per heavy atom. The molecule has 1 amide bonds. The summed E-state index contributed by atoms with van der Waals surface area (Å²) in [6.45, 7) is 3.35. The highest BCUT2D eigenvalue weighted by Gasteiger charge is 2.24. The number of nitrogens with one attached hydrogen (secondary N) is 2. The second kappa shape index (κ2) is 7.21. The lowest BCUT2D eigenvalue weighted by Gasteiger charge is -2.11. The Morgan fingerprint density at radius 1 is 1.41 bits per heavy atom. The van der Waals surface area contributed by atoms with Gasteiger partial charge in [0.05, 0.1) is 4.90 Å². The van der Waals surface area contributed by atoms with Gasteiger partial charge in [0, 0.05) is 18.7 Å². The van der Waals surface area contributed by atoms with Crippen molar-refractivity contribution in [2.45, 2.75) is 24.7 Å². The smallest absolute Gasteiger partial charge is 0.251 e. The molecule has 7 heteroatoms. The Labute approximate surface area is 131 Å². The highest BCUT2D eigenvalue weighted by molar-refractivity contribution is 7.89. The molecule has 1 unspecified atom stereocenters. The van der Waals surface area contributed by atoms with Crippen molar-refractivity contribution in [2.24, 2.45) is 17.6 Å². The minimum absolute atomic E-state index is 0.118. The zero-order valence-electron chi connectivity index (χ0n) is 12.7. The van der Waals surface area contributed by atoms with Gasteiger partial charge in [-0.3, -0.25) is 4.79 Å². The number of benzene rings is 1. The van der Waals surface area contributed by atoms with Gasteiger partial charge in [-0.1, -0.05) is 13.0 Å². The third kappa shape index (κ3) is 4.79. The van der Waals surface area contributed by atoms with Gasteiger partial charge in [0.15, 0.2) is 0 Å². The van der Waals surface area contributed by atoms with Crippen LogP contribution in [0.25, 0.3) is 0 Å². The third-order valence-electron chi connectivity index (χ3n) is 3.68. The summed E-state index contributed by atoms with van der Waals surface area (Å²) >= 11 is 0. The molecule has 22 heavy (non-hydrogen) atoms. The van der Waals surface area contributed by atoms with Crippen LogP contribution >= 0.6 is 0 Å². The molecule has 1 aromatic rings. The molecule has 122 valence electrons. The molecule has 4 N–H and O–H groups in total. The first-order valence-electron chi connectivity index (χ1n) is 7.50. The Hall–Kier alpha value is -1.44. The summed E-state index contributed by atoms with van der Waals surface area (Å²) in [6, 6.07) is 6.07. The van der Waals surface area contributed by atoms with Crippen LogP contribution in [0.2, 0.25) is 0 Å². The average molecular weight is 325 g/mol. The van der Waals surface area contributed by atoms with Gasteiger partial charge in [-0.05, 0) is 49.4 Å². The highest BCUT2D eigenvalue weighted by atomic mass is 32.2. The summed E-state index contributed by atoms with van der Waals surface area (Å²) in [6.07, 6.45) is 2.15. The summed E-state index contributed by atoms with van der Waals surface area (Å²) in [4.78, 5) is 12.2. The predicted molar refractivity (Wildman–Crippen MR) is 84.9 cm³/mol. The maximum atomic E-state index is 12.2. The Bertz CT molecular complexity index is 627. The number of amides is 1. The van der Waals surface area contributed by atoms with Crippen molar-refractivity contribution >= 4 is 15.9 Å². The van der Waals surface area contributed by atoms with E-state index in [1.807, 2.05) is 6.92 Å². The predicted octanol–water partition coefficient (Wildman–Crippen LogP) is 0.699. The van der Waals surface area contributed by atoms with E-state index in [1.54, 1.807) is 12.1 Å². The van der Waals surface area contributed by atoms with E-state index in [0.717, 1.165) is 12.8 Å². The molecule has 1 atom stereocenters. The number of carbonyl (C=O) groups is 1. The first kappa shape index (κ1) is 16.9. The Balaban J connectivity index is 2.03. The lowest BCUT2D eigenvalue weighted by atomic mass is 10.1. The first-order chi connectivity index (χ1) is 10.4. The number of hydrogen-bond acceptors (Lipinski definition) is 4. The van der Waals surface area contributed by atoms with Crippen LogP contribution in [0.5, 0.6) is 0 Å². The maximum absolute atomic E-state index is 12.2. The van der Waals surface area contributed by atoms with Crippen molar-refractivity contribution in [3.05, 3.63) is 29.8 Å². The summed E-state index contributed by atoms with van der Waals surface area (Å²) in [5.74, 6) is 0.342. The van der Waals surface area contributed by atoms with E-state index in [1.165, 1.54) is 12.1 Å². The summed E-state index contributed by atoms with van der Waals surface area (Å²) in [5.41, 5.74) is 5.83. The van der Waals surface area contributed by atoms with Crippen molar-refractivity contribution in [2.75, 3.05) is 19.6 Å². The van der Waals surface area contributed by atoms with Crippen LogP contribution < -0.4 is 15.8 Å². The van der Waals surface area contributed by atoms with Crippen LogP contribution in [-0.4, -0.2) is 34.0 Å². The van der Waals surface area contributed by atoms with Crippen LogP contribution in [0.4, 0.5) is 0 Å². The van der Waals surface area contributed by atoms with E-state index >= 15 is 0 Å². The van der Waals surface area contributed by atoms with Gasteiger partial charge in [-0.2, -0.15) is 0 Å². The normalized spacial score (nSPS) is 16.3. The Kier molecular flexibility index (Phi) is 5.55. The summed E-state index contributed by atoms with van der Waals surface area (Å²) in [7, 11) is -3.56. The molecule has 0 heterocycles. The zero-order chi connectivity index (χ0) is 16.2. The van der Waals surface area contributed by atoms with Crippen LogP contribution in [0.1, 0.15) is 30.1 Å². The lowest BCUT2D eigenvalue weighted by molar-refractivity contribution is 0.0948. The molecule has 6 nitrogen and oxygen atoms in total. The van der Waals surface area contributed by atoms with E-state index in [-0.39, 0.29) is 16.7 Å². The highest BCUT2D eigenvalue weighted by Crippen LogP contribution is 2.28. The maximum Gasteiger partial charge on any atom is 0.251 e. The Morgan fingerprint density at radius 3 is 2.77 bits per heavy atom. The average Bonchev–Trinajstić information content (AvgIpc) is 3.34. The van der Waals surface area contributed by atoms with E-state index in [9.17, 15) is 13.2 Å². The van der Waals surface area contributed by atoms with Crippen LogP contribution in [0, 0.1) is 11.8 Å². The SMILES string of the molecule is CC(CN)CNC(=O)c1cccc(S(=O)(=O)NCC2CC2)c1. The van der Waals surface area contributed by atoms with Crippen molar-refractivity contribution in [3.8, 4) is 0 Å². The van der Waals surface area contributed by atoms with Gasteiger partial charge in [0.1, 0.15) is 0 Å². The van der Waals surface area contributed by atoms with Gasteiger partial charge in [0.2, 0.25) is 10.0 Å². The zero-order valence-corrected chi connectivity index (χ0v) is 13.5. The molecule has 0 aromatic heterocycles. The number of hydrogen-bond donors (Lipinski definition) is 3. The van der Waals surface area contributed by atoms with Crippen molar-refractivity contribution < 1.29 is 13.2 Å². The summed E-state index contributed by atoms with van der Waals surface area (Å²) in [5, 5.41) is 2.75. The minimum Gasteiger partial charge on any atom is -0.352 e. The number of sulfonamides is 1. The van der Waals surface area contributed by atoms with Crippen LogP contribution in [0.3, 0.4) is 0 Å². The first-order valence-corrected chi connectivity index (χ1v) is 8.98. The van der Waals surface area contributed by atoms with Crippen LogP contribution in [-0.2, 0) is 10.0 Å². The van der Waals surface area contributed by atoms with Crippen molar-refractivity contribution in [3.63, 3.8) is 0 Å². The number of rotatable bonds is 8. The molecule has 0 saturated heterocycles. The monoisotopic (exact) mass is 325 g/mol. The molecule has 2 rings (SSSR count). The molecule has 1 saturated carbocycles. The fraction of sp³-hybridized carbons (Fsp3) is 0.533. The van der Waals surface area contributed by atoms with Crippen molar-refractivity contribution in [1.82, 2.24) is 10.0 Å². The molecule has 1 aliphatic carbocycles. The van der Waals surface area contributed by atoms with Gasteiger partial charge >= 0.3 is 0 Å². The molecule has 1 aliphatic rings. The standard InChI is InChI=1S/C15H23N3O3S/c1-11(8-16)9-17-15(19)13-3-2-4-14(7-13)22(20,21)18-10-12-5-6-12/h2-4,7,11-12,18H,5-6,8-10,16H2,1H3,(H,17,19). The molecule has 1 fully saturated rings. The second-order valence-electron chi connectivity index (χ2n) is 5.87. The van der Waals surface area contributed by atoms with E-state index in [0.29, 0.717) is 31.1 Å². The number of nitrogens with two attached hydrogens (primary N) is 1. The second-order valence-corrected chi connectivity index (χ2v) is 7.64. The van der Waals surface area contributed by atoms with Gasteiger partial charge < -0.3 is 11.1 Å². The molecule has 0 spiro atoms. The third-order valence-corrected chi connectivity index (χ3v) is 5.10. The fourth-order valence-electron chi connectivity index (χ4n) is 1.89. The fourth-order valence-corrected chi connectivity index (χ4v) is 3.05. The van der Waals surface area contributed by atoms with E-state index in [2.05, 4.69) is 10.0 Å². The number of carbonyl (C=O) groups excluding carboxylic acids is 1. The molecule has 0 aliphatic heterocycles. The lowest BCUT2D eigenvalue weighted by Crippen LogP contribution is -2.31. The van der Waals surface area contributed by atoms with Crippen molar-refractivity contribution in [1.29, 1.82) is 0 Å². The molecular formula is C15H23N3O3S. The molecule has 0 radical (unpaired) electrons. The summed E-state index contributed by atoms with van der Waals surface area (Å²) < 4.78 is 27.0.